The third-order valence-electron chi connectivity index (χ3n) is 1.91. The molecule has 0 aliphatic heterocycles. The van der Waals surface area contributed by atoms with Crippen molar-refractivity contribution in [2.75, 3.05) is 0 Å². The summed E-state index contributed by atoms with van der Waals surface area (Å²) in [6, 6.07) is 5.81. The van der Waals surface area contributed by atoms with Crippen LogP contribution in [0.15, 0.2) is 24.4 Å². The van der Waals surface area contributed by atoms with Gasteiger partial charge in [0.15, 0.2) is 0 Å². The number of hydrogen-bond donors (Lipinski definition) is 0. The van der Waals surface area contributed by atoms with Crippen molar-refractivity contribution in [3.05, 3.63) is 35.7 Å². The van der Waals surface area contributed by atoms with Gasteiger partial charge in [-0.1, -0.05) is 0 Å². The lowest BCUT2D eigenvalue weighted by Gasteiger charge is -2.02. The summed E-state index contributed by atoms with van der Waals surface area (Å²) in [6.07, 6.45) is 1.76. The smallest absolute Gasteiger partial charge is 0.0930 e. The first-order chi connectivity index (χ1) is 6.31. The summed E-state index contributed by atoms with van der Waals surface area (Å²) in [6.45, 7) is 1.96. The van der Waals surface area contributed by atoms with E-state index in [0.717, 1.165) is 22.3 Å². The zero-order valence-electron chi connectivity index (χ0n) is 7.29. The average Bonchev–Trinajstić information content (AvgIpc) is 2.16. The topological polar surface area (TPSA) is 25.8 Å². The molecule has 0 saturated heterocycles. The van der Waals surface area contributed by atoms with E-state index in [1.807, 2.05) is 25.1 Å². The van der Waals surface area contributed by atoms with E-state index >= 15 is 0 Å². The van der Waals surface area contributed by atoms with Crippen molar-refractivity contribution >= 4 is 22.6 Å². The molecular weight excluding hydrogens is 184 g/mol. The Morgan fingerprint density at radius 3 is 3.08 bits per heavy atom. The number of hydrogen-bond acceptors (Lipinski definition) is 2. The Bertz CT molecular complexity index is 440. The predicted molar refractivity (Wildman–Crippen MR) is 53.8 cm³/mol. The van der Waals surface area contributed by atoms with E-state index in [-0.39, 0.29) is 0 Å². The standard InChI is InChI=1S/C10H9ClN2/c1-7-5-8(6-11)10-9(13-7)3-2-4-12-10/h2-5H,6H2,1H3. The molecule has 0 radical (unpaired) electrons. The van der Waals surface area contributed by atoms with Gasteiger partial charge in [0.05, 0.1) is 11.0 Å². The second kappa shape index (κ2) is 3.30. The van der Waals surface area contributed by atoms with E-state index in [0.29, 0.717) is 5.88 Å². The summed E-state index contributed by atoms with van der Waals surface area (Å²) in [5.41, 5.74) is 3.85. The van der Waals surface area contributed by atoms with Crippen LogP contribution in [-0.4, -0.2) is 9.97 Å². The molecule has 3 heteroatoms. The van der Waals surface area contributed by atoms with Crippen LogP contribution in [0, 0.1) is 6.92 Å². The summed E-state index contributed by atoms with van der Waals surface area (Å²) in [5, 5.41) is 0. The summed E-state index contributed by atoms with van der Waals surface area (Å²) in [4.78, 5) is 8.61. The van der Waals surface area contributed by atoms with E-state index in [2.05, 4.69) is 9.97 Å². The molecule has 0 amide bonds. The normalized spacial score (nSPS) is 10.6. The van der Waals surface area contributed by atoms with Crippen molar-refractivity contribution in [2.24, 2.45) is 0 Å². The molecule has 0 aliphatic rings. The number of aromatic nitrogens is 2. The molecule has 0 fully saturated rings. The molecule has 2 nitrogen and oxygen atoms in total. The molecule has 2 rings (SSSR count). The molecule has 13 heavy (non-hydrogen) atoms. The first-order valence-corrected chi connectivity index (χ1v) is 4.62. The third kappa shape index (κ3) is 1.49. The van der Waals surface area contributed by atoms with E-state index in [1.54, 1.807) is 6.20 Å². The van der Waals surface area contributed by atoms with Crippen LogP contribution in [0.25, 0.3) is 11.0 Å². The van der Waals surface area contributed by atoms with Gasteiger partial charge in [-0.05, 0) is 30.7 Å². The van der Waals surface area contributed by atoms with Gasteiger partial charge >= 0.3 is 0 Å². The highest BCUT2D eigenvalue weighted by molar-refractivity contribution is 6.17. The Hall–Kier alpha value is -1.15. The molecule has 0 bridgehead atoms. The molecule has 0 spiro atoms. The Labute approximate surface area is 81.6 Å². The minimum atomic E-state index is 0.483. The molecule has 2 heterocycles. The van der Waals surface area contributed by atoms with Crippen molar-refractivity contribution in [3.8, 4) is 0 Å². The van der Waals surface area contributed by atoms with E-state index < -0.39 is 0 Å². The van der Waals surface area contributed by atoms with Gasteiger partial charge < -0.3 is 0 Å². The zero-order valence-corrected chi connectivity index (χ0v) is 8.04. The van der Waals surface area contributed by atoms with E-state index in [4.69, 9.17) is 11.6 Å². The largest absolute Gasteiger partial charge is 0.254 e. The van der Waals surface area contributed by atoms with Crippen molar-refractivity contribution in [2.45, 2.75) is 12.8 Å². The van der Waals surface area contributed by atoms with Crippen molar-refractivity contribution in [3.63, 3.8) is 0 Å². The summed E-state index contributed by atoms with van der Waals surface area (Å²) >= 11 is 5.81. The number of alkyl halides is 1. The number of nitrogens with zero attached hydrogens (tertiary/aromatic N) is 2. The Kier molecular flexibility index (Phi) is 2.15. The van der Waals surface area contributed by atoms with Crippen LogP contribution in [-0.2, 0) is 5.88 Å². The number of fused-ring (bicyclic) bond motifs is 1. The summed E-state index contributed by atoms with van der Waals surface area (Å²) in [5.74, 6) is 0.483. The molecule has 0 unspecified atom stereocenters. The van der Waals surface area contributed by atoms with Crippen molar-refractivity contribution in [1.82, 2.24) is 9.97 Å². The van der Waals surface area contributed by atoms with Gasteiger partial charge in [-0.15, -0.1) is 11.6 Å². The quantitative estimate of drug-likeness (QED) is 0.650. The number of pyridine rings is 2. The highest BCUT2D eigenvalue weighted by Gasteiger charge is 2.02. The van der Waals surface area contributed by atoms with Gasteiger partial charge in [0, 0.05) is 17.8 Å². The zero-order chi connectivity index (χ0) is 9.26. The molecular formula is C10H9ClN2. The van der Waals surface area contributed by atoms with Crippen LogP contribution in [0.1, 0.15) is 11.3 Å². The van der Waals surface area contributed by atoms with E-state index in [9.17, 15) is 0 Å². The van der Waals surface area contributed by atoms with Gasteiger partial charge in [0.2, 0.25) is 0 Å². The van der Waals surface area contributed by atoms with Gasteiger partial charge in [-0.2, -0.15) is 0 Å². The maximum absolute atomic E-state index is 5.81. The first kappa shape index (κ1) is 8.45. The number of aryl methyl sites for hydroxylation is 1. The molecule has 0 aliphatic carbocycles. The second-order valence-electron chi connectivity index (χ2n) is 2.93. The number of rotatable bonds is 1. The Morgan fingerprint density at radius 1 is 1.46 bits per heavy atom. The molecule has 0 N–H and O–H groups in total. The molecule has 66 valence electrons. The lowest BCUT2D eigenvalue weighted by molar-refractivity contribution is 1.20. The average molecular weight is 193 g/mol. The maximum atomic E-state index is 5.81. The minimum Gasteiger partial charge on any atom is -0.254 e. The highest BCUT2D eigenvalue weighted by Crippen LogP contribution is 2.16. The lowest BCUT2D eigenvalue weighted by atomic mass is 10.2. The van der Waals surface area contributed by atoms with Crippen LogP contribution < -0.4 is 0 Å². The van der Waals surface area contributed by atoms with Crippen LogP contribution in [0.4, 0.5) is 0 Å². The van der Waals surface area contributed by atoms with Crippen molar-refractivity contribution < 1.29 is 0 Å². The monoisotopic (exact) mass is 192 g/mol. The SMILES string of the molecule is Cc1cc(CCl)c2ncccc2n1. The summed E-state index contributed by atoms with van der Waals surface area (Å²) in [7, 11) is 0. The number of halogens is 1. The van der Waals surface area contributed by atoms with Gasteiger partial charge in [0.1, 0.15) is 0 Å². The fourth-order valence-corrected chi connectivity index (χ4v) is 1.58. The van der Waals surface area contributed by atoms with Crippen LogP contribution in [0.3, 0.4) is 0 Å². The maximum Gasteiger partial charge on any atom is 0.0930 e. The Morgan fingerprint density at radius 2 is 2.31 bits per heavy atom. The summed E-state index contributed by atoms with van der Waals surface area (Å²) < 4.78 is 0. The lowest BCUT2D eigenvalue weighted by Crippen LogP contribution is -1.91. The van der Waals surface area contributed by atoms with Gasteiger partial charge in [-0.3, -0.25) is 9.97 Å². The van der Waals surface area contributed by atoms with Gasteiger partial charge in [0.25, 0.3) is 0 Å². The van der Waals surface area contributed by atoms with Crippen LogP contribution in [0.2, 0.25) is 0 Å². The predicted octanol–water partition coefficient (Wildman–Crippen LogP) is 2.68. The minimum absolute atomic E-state index is 0.483. The molecule has 0 aromatic carbocycles. The van der Waals surface area contributed by atoms with Crippen LogP contribution in [0.5, 0.6) is 0 Å². The van der Waals surface area contributed by atoms with Crippen molar-refractivity contribution in [1.29, 1.82) is 0 Å². The first-order valence-electron chi connectivity index (χ1n) is 4.08. The molecule has 2 aromatic heterocycles. The van der Waals surface area contributed by atoms with E-state index in [1.165, 1.54) is 0 Å². The Balaban J connectivity index is 2.81. The molecule has 2 aromatic rings. The third-order valence-corrected chi connectivity index (χ3v) is 2.20. The second-order valence-corrected chi connectivity index (χ2v) is 3.19. The molecule has 0 atom stereocenters. The fourth-order valence-electron chi connectivity index (χ4n) is 1.38. The molecule has 0 saturated carbocycles. The highest BCUT2D eigenvalue weighted by atomic mass is 35.5. The fraction of sp³-hybridized carbons (Fsp3) is 0.200. The van der Waals surface area contributed by atoms with Gasteiger partial charge in [-0.25, -0.2) is 0 Å². The van der Waals surface area contributed by atoms with Crippen LogP contribution >= 0.6 is 11.6 Å².